The molecule has 1 heterocycles. The van der Waals surface area contributed by atoms with Gasteiger partial charge in [-0.05, 0) is 36.8 Å². The normalized spacial score (nSPS) is 10.5. The Labute approximate surface area is 99.0 Å². The summed E-state index contributed by atoms with van der Waals surface area (Å²) < 4.78 is 23.7. The first kappa shape index (κ1) is 11.7. The Morgan fingerprint density at radius 3 is 2.88 bits per heavy atom. The van der Waals surface area contributed by atoms with Crippen molar-refractivity contribution >= 4 is 0 Å². The lowest BCUT2D eigenvalue weighted by Gasteiger charge is -2.08. The summed E-state index contributed by atoms with van der Waals surface area (Å²) >= 11 is 0. The number of ether oxygens (including phenoxy) is 1. The first-order valence-corrected chi connectivity index (χ1v) is 5.35. The van der Waals surface area contributed by atoms with E-state index >= 15 is 0 Å². The summed E-state index contributed by atoms with van der Waals surface area (Å²) in [7, 11) is 0. The van der Waals surface area contributed by atoms with Gasteiger partial charge in [0.15, 0.2) is 0 Å². The van der Waals surface area contributed by atoms with E-state index in [0.29, 0.717) is 24.7 Å². The van der Waals surface area contributed by atoms with E-state index < -0.39 is 0 Å². The Morgan fingerprint density at radius 2 is 2.18 bits per heavy atom. The summed E-state index contributed by atoms with van der Waals surface area (Å²) in [5.74, 6) is 1.11. The number of halogens is 1. The topological polar surface area (TPSA) is 48.4 Å². The minimum absolute atomic E-state index is 0.263. The Kier molecular flexibility index (Phi) is 3.44. The van der Waals surface area contributed by atoms with Gasteiger partial charge in [0.1, 0.15) is 23.9 Å². The third-order valence-corrected chi connectivity index (χ3v) is 2.54. The maximum atomic E-state index is 12.9. The summed E-state index contributed by atoms with van der Waals surface area (Å²) in [5, 5.41) is 0. The zero-order valence-corrected chi connectivity index (χ0v) is 9.57. The van der Waals surface area contributed by atoms with Crippen molar-refractivity contribution in [1.29, 1.82) is 0 Å². The van der Waals surface area contributed by atoms with Crippen molar-refractivity contribution in [1.82, 2.24) is 0 Å². The molecule has 0 saturated carbocycles. The van der Waals surface area contributed by atoms with Crippen molar-refractivity contribution < 1.29 is 13.5 Å². The SMILES string of the molecule is Cc1cc(F)ccc1OCc1ccoc1CN. The van der Waals surface area contributed by atoms with Crippen molar-refractivity contribution in [2.75, 3.05) is 0 Å². The smallest absolute Gasteiger partial charge is 0.123 e. The van der Waals surface area contributed by atoms with Gasteiger partial charge in [-0.2, -0.15) is 0 Å². The quantitative estimate of drug-likeness (QED) is 0.886. The highest BCUT2D eigenvalue weighted by Crippen LogP contribution is 2.20. The molecule has 2 rings (SSSR count). The van der Waals surface area contributed by atoms with Gasteiger partial charge in [-0.1, -0.05) is 0 Å². The number of nitrogens with two attached hydrogens (primary N) is 1. The molecule has 0 radical (unpaired) electrons. The van der Waals surface area contributed by atoms with Crippen molar-refractivity contribution in [3.05, 3.63) is 53.2 Å². The van der Waals surface area contributed by atoms with Crippen LogP contribution in [0.25, 0.3) is 0 Å². The van der Waals surface area contributed by atoms with Gasteiger partial charge < -0.3 is 14.9 Å². The average Bonchev–Trinajstić information content (AvgIpc) is 2.75. The lowest BCUT2D eigenvalue weighted by atomic mass is 10.2. The van der Waals surface area contributed by atoms with E-state index in [0.717, 1.165) is 11.1 Å². The second kappa shape index (κ2) is 5.01. The van der Waals surface area contributed by atoms with Crippen LogP contribution in [0.4, 0.5) is 4.39 Å². The molecule has 0 bridgehead atoms. The summed E-state index contributed by atoms with van der Waals surface area (Å²) in [6.45, 7) is 2.52. The highest BCUT2D eigenvalue weighted by atomic mass is 19.1. The standard InChI is InChI=1S/C13H14FNO2/c1-9-6-11(14)2-3-12(9)17-8-10-4-5-16-13(10)7-15/h2-6H,7-8,15H2,1H3. The minimum atomic E-state index is -0.263. The van der Waals surface area contributed by atoms with Crippen LogP contribution in [0.3, 0.4) is 0 Å². The Balaban J connectivity index is 2.07. The number of hydrogen-bond donors (Lipinski definition) is 1. The predicted molar refractivity (Wildman–Crippen MR) is 62.1 cm³/mol. The van der Waals surface area contributed by atoms with Crippen LogP contribution >= 0.6 is 0 Å². The fourth-order valence-electron chi connectivity index (χ4n) is 1.61. The first-order valence-electron chi connectivity index (χ1n) is 5.35. The molecule has 0 unspecified atom stereocenters. The van der Waals surface area contributed by atoms with Crippen molar-refractivity contribution in [2.45, 2.75) is 20.1 Å². The molecule has 0 saturated heterocycles. The molecule has 0 amide bonds. The highest BCUT2D eigenvalue weighted by Gasteiger charge is 2.06. The van der Waals surface area contributed by atoms with E-state index in [2.05, 4.69) is 0 Å². The first-order chi connectivity index (χ1) is 8.20. The molecular formula is C13H14FNO2. The van der Waals surface area contributed by atoms with Gasteiger partial charge in [-0.3, -0.25) is 0 Å². The highest BCUT2D eigenvalue weighted by molar-refractivity contribution is 5.33. The van der Waals surface area contributed by atoms with Crippen LogP contribution in [0.2, 0.25) is 0 Å². The number of benzene rings is 1. The Hall–Kier alpha value is -1.81. The van der Waals surface area contributed by atoms with E-state index in [-0.39, 0.29) is 5.82 Å². The van der Waals surface area contributed by atoms with Gasteiger partial charge in [0.25, 0.3) is 0 Å². The molecule has 0 fully saturated rings. The maximum Gasteiger partial charge on any atom is 0.123 e. The summed E-state index contributed by atoms with van der Waals surface area (Å²) in [5.41, 5.74) is 7.19. The molecule has 0 atom stereocenters. The van der Waals surface area contributed by atoms with Crippen molar-refractivity contribution in [3.63, 3.8) is 0 Å². The number of rotatable bonds is 4. The van der Waals surface area contributed by atoms with Gasteiger partial charge >= 0.3 is 0 Å². The molecule has 0 aliphatic rings. The van der Waals surface area contributed by atoms with E-state index in [4.69, 9.17) is 14.9 Å². The molecule has 17 heavy (non-hydrogen) atoms. The van der Waals surface area contributed by atoms with Crippen LogP contribution in [-0.4, -0.2) is 0 Å². The van der Waals surface area contributed by atoms with Crippen LogP contribution in [0.15, 0.2) is 34.9 Å². The Morgan fingerprint density at radius 1 is 1.35 bits per heavy atom. The van der Waals surface area contributed by atoms with Crippen LogP contribution in [0, 0.1) is 12.7 Å². The molecule has 2 N–H and O–H groups in total. The number of furan rings is 1. The largest absolute Gasteiger partial charge is 0.488 e. The van der Waals surface area contributed by atoms with E-state index in [1.54, 1.807) is 19.3 Å². The zero-order chi connectivity index (χ0) is 12.3. The molecule has 0 aliphatic heterocycles. The van der Waals surface area contributed by atoms with Crippen LogP contribution < -0.4 is 10.5 Å². The van der Waals surface area contributed by atoms with Crippen LogP contribution in [-0.2, 0) is 13.2 Å². The monoisotopic (exact) mass is 235 g/mol. The summed E-state index contributed by atoms with van der Waals surface area (Å²) in [6.07, 6.45) is 1.58. The average molecular weight is 235 g/mol. The maximum absolute atomic E-state index is 12.9. The molecule has 1 aromatic heterocycles. The number of hydrogen-bond acceptors (Lipinski definition) is 3. The third kappa shape index (κ3) is 2.65. The fraction of sp³-hybridized carbons (Fsp3) is 0.231. The van der Waals surface area contributed by atoms with E-state index in [9.17, 15) is 4.39 Å². The lowest BCUT2D eigenvalue weighted by molar-refractivity contribution is 0.299. The van der Waals surface area contributed by atoms with Gasteiger partial charge in [-0.15, -0.1) is 0 Å². The van der Waals surface area contributed by atoms with E-state index in [1.165, 1.54) is 12.1 Å². The van der Waals surface area contributed by atoms with Gasteiger partial charge in [0.05, 0.1) is 12.8 Å². The molecule has 90 valence electrons. The third-order valence-electron chi connectivity index (χ3n) is 2.54. The second-order valence-electron chi connectivity index (χ2n) is 3.77. The lowest BCUT2D eigenvalue weighted by Crippen LogP contribution is -2.02. The Bertz CT molecular complexity index is 508. The zero-order valence-electron chi connectivity index (χ0n) is 9.57. The van der Waals surface area contributed by atoms with E-state index in [1.807, 2.05) is 6.07 Å². The van der Waals surface area contributed by atoms with Crippen molar-refractivity contribution in [3.8, 4) is 5.75 Å². The molecule has 0 aliphatic carbocycles. The molecule has 4 heteroatoms. The van der Waals surface area contributed by atoms with Gasteiger partial charge in [0.2, 0.25) is 0 Å². The minimum Gasteiger partial charge on any atom is -0.488 e. The molecule has 2 aromatic rings. The second-order valence-corrected chi connectivity index (χ2v) is 3.77. The van der Waals surface area contributed by atoms with Crippen molar-refractivity contribution in [2.24, 2.45) is 5.73 Å². The number of aryl methyl sites for hydroxylation is 1. The van der Waals surface area contributed by atoms with Crippen LogP contribution in [0.5, 0.6) is 5.75 Å². The molecular weight excluding hydrogens is 221 g/mol. The van der Waals surface area contributed by atoms with Gasteiger partial charge in [0, 0.05) is 5.56 Å². The summed E-state index contributed by atoms with van der Waals surface area (Å²) in [4.78, 5) is 0. The molecule has 0 spiro atoms. The fourth-order valence-corrected chi connectivity index (χ4v) is 1.61. The summed E-state index contributed by atoms with van der Waals surface area (Å²) in [6, 6.07) is 6.25. The van der Waals surface area contributed by atoms with Gasteiger partial charge in [-0.25, -0.2) is 4.39 Å². The predicted octanol–water partition coefficient (Wildman–Crippen LogP) is 2.76. The molecule has 3 nitrogen and oxygen atoms in total. The molecule has 1 aromatic carbocycles. The van der Waals surface area contributed by atoms with Crippen LogP contribution in [0.1, 0.15) is 16.9 Å².